The second-order valence-electron chi connectivity index (χ2n) is 6.14. The molecule has 1 aliphatic rings. The van der Waals surface area contributed by atoms with E-state index < -0.39 is 18.1 Å². The first-order valence-corrected chi connectivity index (χ1v) is 8.84. The van der Waals surface area contributed by atoms with Crippen molar-refractivity contribution >= 4 is 17.9 Å². The van der Waals surface area contributed by atoms with Gasteiger partial charge in [-0.15, -0.1) is 0 Å². The SMILES string of the molecule is C[C@H](OC(=O)CCCCCNC(N)=O)C(=O)NCc1ccc2c(c1)OCO2. The number of amides is 3. The zero-order chi connectivity index (χ0) is 19.6. The zero-order valence-electron chi connectivity index (χ0n) is 15.3. The molecule has 1 atom stereocenters. The molecule has 2 rings (SSSR count). The van der Waals surface area contributed by atoms with Gasteiger partial charge in [-0.3, -0.25) is 9.59 Å². The number of urea groups is 1. The number of hydrogen-bond acceptors (Lipinski definition) is 6. The van der Waals surface area contributed by atoms with Crippen molar-refractivity contribution in [2.24, 2.45) is 5.73 Å². The number of nitrogens with two attached hydrogens (primary N) is 1. The minimum atomic E-state index is -0.872. The maximum atomic E-state index is 12.1. The summed E-state index contributed by atoms with van der Waals surface area (Å²) in [6.07, 6.45) is 1.44. The molecule has 0 aliphatic carbocycles. The van der Waals surface area contributed by atoms with Crippen LogP contribution in [0.4, 0.5) is 4.79 Å². The first kappa shape index (κ1) is 20.3. The van der Waals surface area contributed by atoms with Crippen molar-refractivity contribution in [2.45, 2.75) is 45.3 Å². The van der Waals surface area contributed by atoms with Gasteiger partial charge in [0, 0.05) is 19.5 Å². The Morgan fingerprint density at radius 3 is 2.70 bits per heavy atom. The Morgan fingerprint density at radius 1 is 1.15 bits per heavy atom. The zero-order valence-corrected chi connectivity index (χ0v) is 15.3. The van der Waals surface area contributed by atoms with Gasteiger partial charge in [0.25, 0.3) is 5.91 Å². The molecular weight excluding hydrogens is 354 g/mol. The fourth-order valence-corrected chi connectivity index (χ4v) is 2.48. The normalized spacial score (nSPS) is 12.9. The summed E-state index contributed by atoms with van der Waals surface area (Å²) in [5.74, 6) is 0.528. The second kappa shape index (κ2) is 10.2. The fourth-order valence-electron chi connectivity index (χ4n) is 2.48. The highest BCUT2D eigenvalue weighted by Crippen LogP contribution is 2.32. The highest BCUT2D eigenvalue weighted by molar-refractivity contribution is 5.83. The van der Waals surface area contributed by atoms with Gasteiger partial charge in [0.1, 0.15) is 0 Å². The number of unbranched alkanes of at least 4 members (excludes halogenated alkanes) is 2. The summed E-state index contributed by atoms with van der Waals surface area (Å²) < 4.78 is 15.7. The van der Waals surface area contributed by atoms with Crippen LogP contribution in [0.2, 0.25) is 0 Å². The summed E-state index contributed by atoms with van der Waals surface area (Å²) in [5, 5.41) is 5.20. The highest BCUT2D eigenvalue weighted by Gasteiger charge is 2.18. The average molecular weight is 379 g/mol. The molecule has 1 aromatic carbocycles. The van der Waals surface area contributed by atoms with Crippen LogP contribution in [-0.2, 0) is 20.9 Å². The van der Waals surface area contributed by atoms with Crippen LogP contribution in [0.25, 0.3) is 0 Å². The van der Waals surface area contributed by atoms with E-state index in [-0.39, 0.29) is 19.1 Å². The maximum Gasteiger partial charge on any atom is 0.312 e. The largest absolute Gasteiger partial charge is 0.454 e. The molecule has 0 fully saturated rings. The van der Waals surface area contributed by atoms with E-state index in [0.717, 1.165) is 18.4 Å². The van der Waals surface area contributed by atoms with E-state index in [1.54, 1.807) is 12.1 Å². The predicted octanol–water partition coefficient (Wildman–Crippen LogP) is 1.19. The lowest BCUT2D eigenvalue weighted by Gasteiger charge is -2.13. The van der Waals surface area contributed by atoms with E-state index in [4.69, 9.17) is 19.9 Å². The summed E-state index contributed by atoms with van der Waals surface area (Å²) in [6, 6.07) is 4.85. The number of fused-ring (bicyclic) bond motifs is 1. The summed E-state index contributed by atoms with van der Waals surface area (Å²) >= 11 is 0. The van der Waals surface area contributed by atoms with Crippen LogP contribution in [0.1, 0.15) is 38.2 Å². The molecule has 148 valence electrons. The van der Waals surface area contributed by atoms with Gasteiger partial charge < -0.3 is 30.6 Å². The summed E-state index contributed by atoms with van der Waals surface area (Å²) in [5.41, 5.74) is 5.81. The third kappa shape index (κ3) is 7.04. The number of rotatable bonds is 10. The number of esters is 1. The van der Waals surface area contributed by atoms with Gasteiger partial charge in [-0.05, 0) is 37.5 Å². The molecule has 0 aromatic heterocycles. The lowest BCUT2D eigenvalue weighted by Crippen LogP contribution is -2.35. The van der Waals surface area contributed by atoms with Gasteiger partial charge in [-0.25, -0.2) is 4.79 Å². The number of carbonyl (C=O) groups excluding carboxylic acids is 3. The molecule has 9 heteroatoms. The first-order valence-electron chi connectivity index (χ1n) is 8.84. The molecule has 1 aliphatic heterocycles. The predicted molar refractivity (Wildman–Crippen MR) is 96.0 cm³/mol. The lowest BCUT2D eigenvalue weighted by atomic mass is 10.2. The topological polar surface area (TPSA) is 129 Å². The van der Waals surface area contributed by atoms with E-state index in [2.05, 4.69) is 10.6 Å². The first-order chi connectivity index (χ1) is 13.0. The van der Waals surface area contributed by atoms with Crippen molar-refractivity contribution in [3.63, 3.8) is 0 Å². The van der Waals surface area contributed by atoms with E-state index in [9.17, 15) is 14.4 Å². The van der Waals surface area contributed by atoms with Gasteiger partial charge in [0.05, 0.1) is 0 Å². The van der Waals surface area contributed by atoms with Crippen molar-refractivity contribution in [1.82, 2.24) is 10.6 Å². The van der Waals surface area contributed by atoms with Gasteiger partial charge >= 0.3 is 12.0 Å². The molecule has 0 saturated carbocycles. The molecular formula is C18H25N3O6. The molecule has 4 N–H and O–H groups in total. The molecule has 27 heavy (non-hydrogen) atoms. The number of carbonyl (C=O) groups is 3. The third-order valence-corrected chi connectivity index (χ3v) is 3.94. The van der Waals surface area contributed by atoms with E-state index in [0.29, 0.717) is 31.0 Å². The summed E-state index contributed by atoms with van der Waals surface area (Å²) in [6.45, 7) is 2.50. The molecule has 0 radical (unpaired) electrons. The second-order valence-corrected chi connectivity index (χ2v) is 6.14. The van der Waals surface area contributed by atoms with Crippen LogP contribution in [0.15, 0.2) is 18.2 Å². The molecule has 0 spiro atoms. The van der Waals surface area contributed by atoms with Gasteiger partial charge in [-0.1, -0.05) is 12.5 Å². The molecule has 3 amide bonds. The van der Waals surface area contributed by atoms with Crippen LogP contribution in [-0.4, -0.2) is 37.3 Å². The van der Waals surface area contributed by atoms with Gasteiger partial charge in [0.2, 0.25) is 6.79 Å². The van der Waals surface area contributed by atoms with Crippen molar-refractivity contribution in [3.05, 3.63) is 23.8 Å². The van der Waals surface area contributed by atoms with Crippen LogP contribution < -0.4 is 25.8 Å². The fraction of sp³-hybridized carbons (Fsp3) is 0.500. The lowest BCUT2D eigenvalue weighted by molar-refractivity contribution is -0.155. The Labute approximate surface area is 157 Å². The Kier molecular flexibility index (Phi) is 7.72. The van der Waals surface area contributed by atoms with Crippen LogP contribution in [0.3, 0.4) is 0 Å². The highest BCUT2D eigenvalue weighted by atomic mass is 16.7. The standard InChI is InChI=1S/C18H25N3O6/c1-12(27-16(22)5-3-2-4-8-20-18(19)24)17(23)21-10-13-6-7-14-15(9-13)26-11-25-14/h6-7,9,12H,2-5,8,10-11H2,1H3,(H,21,23)(H3,19,20,24)/t12-/m0/s1. The Balaban J connectivity index is 1.61. The van der Waals surface area contributed by atoms with Crippen molar-refractivity contribution in [1.29, 1.82) is 0 Å². The van der Waals surface area contributed by atoms with Crippen molar-refractivity contribution < 1.29 is 28.6 Å². The average Bonchev–Trinajstić information content (AvgIpc) is 3.10. The monoisotopic (exact) mass is 379 g/mol. The van der Waals surface area contributed by atoms with Gasteiger partial charge in [-0.2, -0.15) is 0 Å². The minimum absolute atomic E-state index is 0.194. The smallest absolute Gasteiger partial charge is 0.312 e. The number of hydrogen-bond donors (Lipinski definition) is 3. The van der Waals surface area contributed by atoms with Crippen molar-refractivity contribution in [2.75, 3.05) is 13.3 Å². The van der Waals surface area contributed by atoms with Crippen LogP contribution in [0.5, 0.6) is 11.5 Å². The molecule has 0 bridgehead atoms. The summed E-state index contributed by atoms with van der Waals surface area (Å²) in [7, 11) is 0. The van der Waals surface area contributed by atoms with Gasteiger partial charge in [0.15, 0.2) is 17.6 Å². The molecule has 1 aromatic rings. The van der Waals surface area contributed by atoms with E-state index >= 15 is 0 Å². The summed E-state index contributed by atoms with van der Waals surface area (Å²) in [4.78, 5) is 34.4. The van der Waals surface area contributed by atoms with E-state index in [1.807, 2.05) is 6.07 Å². The number of primary amides is 1. The molecule has 1 heterocycles. The van der Waals surface area contributed by atoms with Crippen LogP contribution >= 0.6 is 0 Å². The minimum Gasteiger partial charge on any atom is -0.454 e. The number of nitrogens with one attached hydrogen (secondary N) is 2. The Morgan fingerprint density at radius 2 is 1.93 bits per heavy atom. The quantitative estimate of drug-likeness (QED) is 0.414. The Bertz CT molecular complexity index is 679. The van der Waals surface area contributed by atoms with E-state index in [1.165, 1.54) is 6.92 Å². The number of ether oxygens (including phenoxy) is 3. The Hall–Kier alpha value is -2.97. The molecule has 0 saturated heterocycles. The third-order valence-electron chi connectivity index (χ3n) is 3.94. The van der Waals surface area contributed by atoms with Crippen LogP contribution in [0, 0.1) is 0 Å². The molecule has 0 unspecified atom stereocenters. The number of benzene rings is 1. The maximum absolute atomic E-state index is 12.1. The van der Waals surface area contributed by atoms with Crippen molar-refractivity contribution in [3.8, 4) is 11.5 Å². The molecule has 9 nitrogen and oxygen atoms in total.